The van der Waals surface area contributed by atoms with E-state index in [0.29, 0.717) is 13.0 Å². The molecule has 2 aliphatic heterocycles. The molecule has 2 fully saturated rings. The van der Waals surface area contributed by atoms with Gasteiger partial charge >= 0.3 is 5.97 Å². The van der Waals surface area contributed by atoms with Crippen molar-refractivity contribution in [2.75, 3.05) is 32.8 Å². The third kappa shape index (κ3) is 5.98. The van der Waals surface area contributed by atoms with Gasteiger partial charge in [-0.1, -0.05) is 25.7 Å². The van der Waals surface area contributed by atoms with Crippen LogP contribution in [0.15, 0.2) is 0 Å². The Balaban J connectivity index is 1.62. The lowest BCUT2D eigenvalue weighted by atomic mass is 10.0. The number of ether oxygens (including phenoxy) is 2. The number of unbranched alkanes of at least 4 members (excludes halogenated alkanes) is 1. The highest BCUT2D eigenvalue weighted by Gasteiger charge is 2.33. The van der Waals surface area contributed by atoms with Gasteiger partial charge in [0, 0.05) is 19.4 Å². The van der Waals surface area contributed by atoms with Gasteiger partial charge in [-0.05, 0) is 32.4 Å². The molecular formula is C18H29NO3. The van der Waals surface area contributed by atoms with E-state index in [1.807, 2.05) is 0 Å². The van der Waals surface area contributed by atoms with Gasteiger partial charge in [-0.2, -0.15) is 0 Å². The van der Waals surface area contributed by atoms with Gasteiger partial charge in [-0.15, -0.1) is 5.92 Å². The standard InChI is InChI=1S/C18H29NO3/c1-2-3-13-21-15-17-14-16(18(20)22-17)9-5-8-12-19-10-6-4-7-11-19/h16-17H,2-4,6-7,9-15H2,1H3/t16-,17-/m1/s1. The van der Waals surface area contributed by atoms with E-state index in [4.69, 9.17) is 9.47 Å². The molecule has 0 amide bonds. The minimum absolute atomic E-state index is 0.0615. The first-order valence-electron chi connectivity index (χ1n) is 8.76. The zero-order valence-electron chi connectivity index (χ0n) is 13.8. The summed E-state index contributed by atoms with van der Waals surface area (Å²) >= 11 is 0. The maximum absolute atomic E-state index is 11.8. The predicted octanol–water partition coefficient (Wildman–Crippen LogP) is 2.61. The van der Waals surface area contributed by atoms with Crippen molar-refractivity contribution >= 4 is 5.97 Å². The lowest BCUT2D eigenvalue weighted by Crippen LogP contribution is -2.29. The number of cyclic esters (lactones) is 1. The van der Waals surface area contributed by atoms with Crippen LogP contribution in [-0.2, 0) is 14.3 Å². The second kappa shape index (κ2) is 9.86. The van der Waals surface area contributed by atoms with Gasteiger partial charge in [-0.25, -0.2) is 0 Å². The van der Waals surface area contributed by atoms with Crippen LogP contribution < -0.4 is 0 Å². The zero-order valence-corrected chi connectivity index (χ0v) is 13.8. The van der Waals surface area contributed by atoms with Crippen LogP contribution in [0.25, 0.3) is 0 Å². The molecule has 2 saturated heterocycles. The van der Waals surface area contributed by atoms with Gasteiger partial charge in [-0.3, -0.25) is 9.69 Å². The first-order valence-corrected chi connectivity index (χ1v) is 8.76. The summed E-state index contributed by atoms with van der Waals surface area (Å²) in [7, 11) is 0. The number of likely N-dealkylation sites (tertiary alicyclic amines) is 1. The quantitative estimate of drug-likeness (QED) is 0.412. The smallest absolute Gasteiger partial charge is 0.310 e. The number of carbonyl (C=O) groups is 1. The van der Waals surface area contributed by atoms with E-state index in [1.165, 1.54) is 19.3 Å². The van der Waals surface area contributed by atoms with E-state index in [-0.39, 0.29) is 18.0 Å². The SMILES string of the molecule is CCCCOC[C@H]1C[C@@H](CC#CCN2CCCCC2)C(=O)O1. The molecule has 0 N–H and O–H groups in total. The minimum atomic E-state index is -0.101. The maximum Gasteiger partial charge on any atom is 0.310 e. The topological polar surface area (TPSA) is 38.8 Å². The van der Waals surface area contributed by atoms with E-state index in [0.717, 1.165) is 45.5 Å². The fourth-order valence-electron chi connectivity index (χ4n) is 2.93. The highest BCUT2D eigenvalue weighted by atomic mass is 16.6. The van der Waals surface area contributed by atoms with E-state index in [9.17, 15) is 4.79 Å². The van der Waals surface area contributed by atoms with Gasteiger partial charge in [0.1, 0.15) is 6.10 Å². The molecule has 4 heteroatoms. The number of esters is 1. The number of nitrogens with zero attached hydrogens (tertiary/aromatic N) is 1. The van der Waals surface area contributed by atoms with Crippen LogP contribution in [0.3, 0.4) is 0 Å². The first-order chi connectivity index (χ1) is 10.8. The second-order valence-electron chi connectivity index (χ2n) is 6.31. The molecule has 2 heterocycles. The average molecular weight is 307 g/mol. The normalized spacial score (nSPS) is 25.6. The molecule has 0 saturated carbocycles. The number of piperidine rings is 1. The predicted molar refractivity (Wildman–Crippen MR) is 86.4 cm³/mol. The lowest BCUT2D eigenvalue weighted by Gasteiger charge is -2.23. The molecule has 4 nitrogen and oxygen atoms in total. The monoisotopic (exact) mass is 307 g/mol. The van der Waals surface area contributed by atoms with Gasteiger partial charge in [0.05, 0.1) is 19.1 Å². The van der Waals surface area contributed by atoms with Gasteiger partial charge in [0.15, 0.2) is 0 Å². The van der Waals surface area contributed by atoms with Crippen LogP contribution in [0.2, 0.25) is 0 Å². The molecule has 0 radical (unpaired) electrons. The fraction of sp³-hybridized carbons (Fsp3) is 0.833. The summed E-state index contributed by atoms with van der Waals surface area (Å²) < 4.78 is 10.9. The lowest BCUT2D eigenvalue weighted by molar-refractivity contribution is -0.146. The van der Waals surface area contributed by atoms with Crippen molar-refractivity contribution in [3.8, 4) is 11.8 Å². The minimum Gasteiger partial charge on any atom is -0.460 e. The number of hydrogen-bond acceptors (Lipinski definition) is 4. The van der Waals surface area contributed by atoms with Gasteiger partial charge in [0.25, 0.3) is 0 Å². The van der Waals surface area contributed by atoms with Gasteiger partial charge < -0.3 is 9.47 Å². The largest absolute Gasteiger partial charge is 0.460 e. The molecular weight excluding hydrogens is 278 g/mol. The summed E-state index contributed by atoms with van der Waals surface area (Å²) in [6, 6.07) is 0. The molecule has 22 heavy (non-hydrogen) atoms. The van der Waals surface area contributed by atoms with Crippen LogP contribution in [0.1, 0.15) is 51.9 Å². The van der Waals surface area contributed by atoms with Crippen LogP contribution in [0, 0.1) is 17.8 Å². The summed E-state index contributed by atoms with van der Waals surface area (Å²) in [4.78, 5) is 14.2. The zero-order chi connectivity index (χ0) is 15.6. The Kier molecular flexibility index (Phi) is 7.76. The first kappa shape index (κ1) is 17.3. The molecule has 0 aromatic heterocycles. The third-order valence-electron chi connectivity index (χ3n) is 4.33. The highest BCUT2D eigenvalue weighted by molar-refractivity contribution is 5.75. The molecule has 0 spiro atoms. The summed E-state index contributed by atoms with van der Waals surface area (Å²) in [5.74, 6) is 6.22. The summed E-state index contributed by atoms with van der Waals surface area (Å²) in [6.07, 6.45) is 7.41. The molecule has 0 bridgehead atoms. The second-order valence-corrected chi connectivity index (χ2v) is 6.31. The Labute approximate surface area is 134 Å². The van der Waals surface area contributed by atoms with Crippen molar-refractivity contribution in [1.82, 2.24) is 4.90 Å². The van der Waals surface area contributed by atoms with Crippen molar-refractivity contribution < 1.29 is 14.3 Å². The van der Waals surface area contributed by atoms with Crippen molar-refractivity contribution in [3.63, 3.8) is 0 Å². The maximum atomic E-state index is 11.8. The summed E-state index contributed by atoms with van der Waals surface area (Å²) in [5, 5.41) is 0. The Morgan fingerprint density at radius 3 is 2.86 bits per heavy atom. The number of carbonyl (C=O) groups excluding carboxylic acids is 1. The molecule has 124 valence electrons. The molecule has 0 aromatic carbocycles. The number of rotatable bonds is 7. The number of hydrogen-bond donors (Lipinski definition) is 0. The van der Waals surface area contributed by atoms with E-state index >= 15 is 0 Å². The van der Waals surface area contributed by atoms with Crippen LogP contribution in [-0.4, -0.2) is 49.8 Å². The summed E-state index contributed by atoms with van der Waals surface area (Å²) in [6.45, 7) is 6.59. The van der Waals surface area contributed by atoms with E-state index in [2.05, 4.69) is 23.7 Å². The Morgan fingerprint density at radius 1 is 1.27 bits per heavy atom. The molecule has 0 unspecified atom stereocenters. The molecule has 2 rings (SSSR count). The van der Waals surface area contributed by atoms with Crippen molar-refractivity contribution in [3.05, 3.63) is 0 Å². The van der Waals surface area contributed by atoms with Crippen molar-refractivity contribution in [2.45, 2.75) is 58.0 Å². The Bertz CT molecular complexity index is 393. The third-order valence-corrected chi connectivity index (χ3v) is 4.33. The van der Waals surface area contributed by atoms with E-state index in [1.54, 1.807) is 0 Å². The van der Waals surface area contributed by atoms with Gasteiger partial charge in [0.2, 0.25) is 0 Å². The fourth-order valence-corrected chi connectivity index (χ4v) is 2.93. The molecule has 2 atom stereocenters. The van der Waals surface area contributed by atoms with Crippen LogP contribution in [0.5, 0.6) is 0 Å². The van der Waals surface area contributed by atoms with E-state index < -0.39 is 0 Å². The molecule has 0 aromatic rings. The Morgan fingerprint density at radius 2 is 2.09 bits per heavy atom. The Hall–Kier alpha value is -1.05. The molecule has 0 aliphatic carbocycles. The van der Waals surface area contributed by atoms with Crippen molar-refractivity contribution in [1.29, 1.82) is 0 Å². The van der Waals surface area contributed by atoms with Crippen molar-refractivity contribution in [2.24, 2.45) is 5.92 Å². The average Bonchev–Trinajstić information content (AvgIpc) is 2.89. The summed E-state index contributed by atoms with van der Waals surface area (Å²) in [5.41, 5.74) is 0. The van der Waals surface area contributed by atoms with Crippen LogP contribution in [0.4, 0.5) is 0 Å². The molecule has 2 aliphatic rings. The van der Waals surface area contributed by atoms with Crippen LogP contribution >= 0.6 is 0 Å². The highest BCUT2D eigenvalue weighted by Crippen LogP contribution is 2.24.